The Hall–Kier alpha value is -3.15. The molecule has 0 radical (unpaired) electrons. The van der Waals surface area contributed by atoms with Crippen LogP contribution in [0.25, 0.3) is 11.1 Å². The van der Waals surface area contributed by atoms with Gasteiger partial charge in [-0.15, -0.1) is 0 Å². The molecule has 1 unspecified atom stereocenters. The van der Waals surface area contributed by atoms with Crippen molar-refractivity contribution in [1.82, 2.24) is 9.97 Å². The SMILES string of the molecule is CCCCN(C)c1ncc(-c2ccc(C3CCC(c4c(F)cccc4F)=N3)cc2)cn1. The van der Waals surface area contributed by atoms with E-state index in [1.807, 2.05) is 43.7 Å². The molecule has 160 valence electrons. The highest BCUT2D eigenvalue weighted by atomic mass is 19.1. The van der Waals surface area contributed by atoms with Gasteiger partial charge in [0.1, 0.15) is 11.6 Å². The first kappa shape index (κ1) is 21.1. The van der Waals surface area contributed by atoms with Gasteiger partial charge in [-0.3, -0.25) is 4.99 Å². The van der Waals surface area contributed by atoms with E-state index in [0.29, 0.717) is 12.1 Å². The third-order valence-electron chi connectivity index (χ3n) is 5.67. The monoisotopic (exact) mass is 420 g/mol. The molecule has 1 aromatic heterocycles. The predicted octanol–water partition coefficient (Wildman–Crippen LogP) is 5.98. The zero-order valence-corrected chi connectivity index (χ0v) is 17.9. The Kier molecular flexibility index (Phi) is 6.35. The average Bonchev–Trinajstić information content (AvgIpc) is 3.27. The van der Waals surface area contributed by atoms with Crippen LogP contribution in [0.3, 0.4) is 0 Å². The fourth-order valence-corrected chi connectivity index (χ4v) is 3.86. The molecule has 0 saturated heterocycles. The molecule has 0 N–H and O–H groups in total. The normalized spacial score (nSPS) is 15.7. The van der Waals surface area contributed by atoms with E-state index in [-0.39, 0.29) is 11.6 Å². The van der Waals surface area contributed by atoms with Crippen LogP contribution in [0, 0.1) is 11.6 Å². The van der Waals surface area contributed by atoms with Crippen LogP contribution in [0.4, 0.5) is 14.7 Å². The molecule has 31 heavy (non-hydrogen) atoms. The Labute approximate surface area is 181 Å². The molecule has 4 nitrogen and oxygen atoms in total. The molecule has 2 heterocycles. The maximum atomic E-state index is 14.1. The Balaban J connectivity index is 1.48. The number of hydrogen-bond acceptors (Lipinski definition) is 4. The van der Waals surface area contributed by atoms with Crippen LogP contribution < -0.4 is 4.90 Å². The summed E-state index contributed by atoms with van der Waals surface area (Å²) in [5, 5.41) is 0. The summed E-state index contributed by atoms with van der Waals surface area (Å²) in [5.74, 6) is -0.390. The van der Waals surface area contributed by atoms with E-state index >= 15 is 0 Å². The minimum Gasteiger partial charge on any atom is -0.344 e. The minimum atomic E-state index is -0.557. The van der Waals surface area contributed by atoms with E-state index in [1.54, 1.807) is 0 Å². The smallest absolute Gasteiger partial charge is 0.225 e. The number of hydrogen-bond donors (Lipinski definition) is 0. The fourth-order valence-electron chi connectivity index (χ4n) is 3.86. The Morgan fingerprint density at radius 2 is 1.65 bits per heavy atom. The molecule has 1 atom stereocenters. The molecular formula is C25H26F2N4. The summed E-state index contributed by atoms with van der Waals surface area (Å²) >= 11 is 0. The second-order valence-corrected chi connectivity index (χ2v) is 7.90. The minimum absolute atomic E-state index is 0.00256. The predicted molar refractivity (Wildman–Crippen MR) is 121 cm³/mol. The molecule has 0 amide bonds. The van der Waals surface area contributed by atoms with Gasteiger partial charge in [-0.2, -0.15) is 0 Å². The van der Waals surface area contributed by atoms with Crippen LogP contribution in [0.2, 0.25) is 0 Å². The number of aromatic nitrogens is 2. The lowest BCUT2D eigenvalue weighted by Crippen LogP contribution is -2.20. The lowest BCUT2D eigenvalue weighted by atomic mass is 10.0. The molecule has 3 aromatic rings. The van der Waals surface area contributed by atoms with Crippen LogP contribution >= 0.6 is 0 Å². The second-order valence-electron chi connectivity index (χ2n) is 7.90. The maximum Gasteiger partial charge on any atom is 0.225 e. The molecule has 1 aliphatic rings. The fraction of sp³-hybridized carbons (Fsp3) is 0.320. The maximum absolute atomic E-state index is 14.1. The number of aliphatic imine (C=N–C) groups is 1. The summed E-state index contributed by atoms with van der Waals surface area (Å²) in [4.78, 5) is 15.7. The highest BCUT2D eigenvalue weighted by molar-refractivity contribution is 6.02. The zero-order chi connectivity index (χ0) is 21.8. The van der Waals surface area contributed by atoms with Gasteiger partial charge in [0, 0.05) is 37.3 Å². The number of anilines is 1. The molecular weight excluding hydrogens is 394 g/mol. The van der Waals surface area contributed by atoms with Gasteiger partial charge in [-0.1, -0.05) is 43.7 Å². The van der Waals surface area contributed by atoms with Crippen LogP contribution in [0.1, 0.15) is 49.8 Å². The van der Waals surface area contributed by atoms with Gasteiger partial charge in [0.15, 0.2) is 0 Å². The van der Waals surface area contributed by atoms with Crippen LogP contribution in [-0.2, 0) is 0 Å². The number of benzene rings is 2. The van der Waals surface area contributed by atoms with E-state index in [2.05, 4.69) is 26.8 Å². The van der Waals surface area contributed by atoms with Crippen molar-refractivity contribution in [3.05, 3.63) is 77.6 Å². The summed E-state index contributed by atoms with van der Waals surface area (Å²) in [6.45, 7) is 3.10. The molecule has 1 aliphatic heterocycles. The molecule has 0 spiro atoms. The molecule has 0 saturated carbocycles. The highest BCUT2D eigenvalue weighted by Crippen LogP contribution is 2.33. The highest BCUT2D eigenvalue weighted by Gasteiger charge is 2.24. The van der Waals surface area contributed by atoms with Gasteiger partial charge < -0.3 is 4.90 Å². The van der Waals surface area contributed by atoms with Crippen molar-refractivity contribution < 1.29 is 8.78 Å². The number of rotatable bonds is 7. The van der Waals surface area contributed by atoms with Gasteiger partial charge in [0.25, 0.3) is 0 Å². The van der Waals surface area contributed by atoms with Crippen molar-refractivity contribution in [2.24, 2.45) is 4.99 Å². The van der Waals surface area contributed by atoms with Crippen molar-refractivity contribution in [2.45, 2.75) is 38.6 Å². The summed E-state index contributed by atoms with van der Waals surface area (Å²) in [7, 11) is 2.00. The topological polar surface area (TPSA) is 41.4 Å². The van der Waals surface area contributed by atoms with Crippen molar-refractivity contribution in [1.29, 1.82) is 0 Å². The van der Waals surface area contributed by atoms with E-state index in [4.69, 9.17) is 0 Å². The van der Waals surface area contributed by atoms with Gasteiger partial charge in [0.2, 0.25) is 5.95 Å². The molecule has 4 rings (SSSR count). The molecule has 0 fully saturated rings. The van der Waals surface area contributed by atoms with Crippen molar-refractivity contribution in [3.8, 4) is 11.1 Å². The first-order valence-corrected chi connectivity index (χ1v) is 10.7. The average molecular weight is 421 g/mol. The van der Waals surface area contributed by atoms with Crippen LogP contribution in [0.5, 0.6) is 0 Å². The molecule has 0 aliphatic carbocycles. The summed E-state index contributed by atoms with van der Waals surface area (Å²) < 4.78 is 28.2. The van der Waals surface area contributed by atoms with Crippen molar-refractivity contribution >= 4 is 11.7 Å². The first-order valence-electron chi connectivity index (χ1n) is 10.7. The van der Waals surface area contributed by atoms with Crippen LogP contribution in [-0.4, -0.2) is 29.3 Å². The summed E-state index contributed by atoms with van der Waals surface area (Å²) in [6, 6.07) is 11.9. The van der Waals surface area contributed by atoms with Gasteiger partial charge in [0.05, 0.1) is 11.6 Å². The zero-order valence-electron chi connectivity index (χ0n) is 17.9. The molecule has 2 aromatic carbocycles. The lowest BCUT2D eigenvalue weighted by molar-refractivity contribution is 0.578. The largest absolute Gasteiger partial charge is 0.344 e. The second kappa shape index (κ2) is 9.33. The Bertz CT molecular complexity index is 1040. The number of unbranched alkanes of at least 4 members (excludes halogenated alkanes) is 1. The quantitative estimate of drug-likeness (QED) is 0.472. The lowest BCUT2D eigenvalue weighted by Gasteiger charge is -2.16. The van der Waals surface area contributed by atoms with E-state index in [1.165, 1.54) is 18.2 Å². The van der Waals surface area contributed by atoms with Crippen molar-refractivity contribution in [3.63, 3.8) is 0 Å². The van der Waals surface area contributed by atoms with E-state index < -0.39 is 11.6 Å². The molecule has 0 bridgehead atoms. The van der Waals surface area contributed by atoms with Gasteiger partial charge >= 0.3 is 0 Å². The van der Waals surface area contributed by atoms with Gasteiger partial charge in [-0.05, 0) is 42.5 Å². The van der Waals surface area contributed by atoms with Crippen molar-refractivity contribution in [2.75, 3.05) is 18.5 Å². The van der Waals surface area contributed by atoms with E-state index in [9.17, 15) is 8.78 Å². The standard InChI is InChI=1S/C25H26F2N4/c1-3-4-14-31(2)25-28-15-19(16-29-25)17-8-10-18(11-9-17)22-12-13-23(30-22)24-20(26)6-5-7-21(24)27/h5-11,15-16,22H,3-4,12-14H2,1-2H3. The third-order valence-corrected chi connectivity index (χ3v) is 5.67. The number of nitrogens with zero attached hydrogens (tertiary/aromatic N) is 4. The third kappa shape index (κ3) is 4.63. The molecule has 6 heteroatoms. The first-order chi connectivity index (χ1) is 15.1. The van der Waals surface area contributed by atoms with Crippen LogP contribution in [0.15, 0.2) is 59.9 Å². The summed E-state index contributed by atoms with van der Waals surface area (Å²) in [6.07, 6.45) is 7.23. The van der Waals surface area contributed by atoms with Gasteiger partial charge in [-0.25, -0.2) is 18.7 Å². The van der Waals surface area contributed by atoms with E-state index in [0.717, 1.165) is 48.4 Å². The Morgan fingerprint density at radius 1 is 0.968 bits per heavy atom. The Morgan fingerprint density at radius 3 is 2.29 bits per heavy atom. The summed E-state index contributed by atoms with van der Waals surface area (Å²) in [5.41, 5.74) is 3.51. The number of halogens is 2.